The van der Waals surface area contributed by atoms with Crippen LogP contribution in [-0.2, 0) is 0 Å². The molecule has 6 heteroatoms. The smallest absolute Gasteiger partial charge is 0.257 e. The second kappa shape index (κ2) is 6.27. The fraction of sp³-hybridized carbons (Fsp3) is 0.467. The van der Waals surface area contributed by atoms with Crippen molar-refractivity contribution in [3.8, 4) is 17.6 Å². The molecular formula is C15H18N2O3S. The molecule has 1 aliphatic rings. The van der Waals surface area contributed by atoms with Gasteiger partial charge in [-0.3, -0.25) is 4.79 Å². The minimum absolute atomic E-state index is 0.0821. The number of ether oxygens (including phenoxy) is 1. The number of aromatic hydroxyl groups is 1. The molecule has 0 radical (unpaired) electrons. The predicted molar refractivity (Wildman–Crippen MR) is 81.7 cm³/mol. The molecule has 21 heavy (non-hydrogen) atoms. The van der Waals surface area contributed by atoms with Crippen LogP contribution >= 0.6 is 11.8 Å². The fourth-order valence-corrected chi connectivity index (χ4v) is 3.10. The Labute approximate surface area is 128 Å². The van der Waals surface area contributed by atoms with Crippen LogP contribution in [0, 0.1) is 11.3 Å². The molecule has 1 aliphatic heterocycles. The third-order valence-electron chi connectivity index (χ3n) is 3.89. The number of hydrogen-bond acceptors (Lipinski definition) is 5. The highest BCUT2D eigenvalue weighted by atomic mass is 32.2. The fourth-order valence-electron chi connectivity index (χ4n) is 2.42. The summed E-state index contributed by atoms with van der Waals surface area (Å²) in [6.45, 7) is 1.05. The summed E-state index contributed by atoms with van der Waals surface area (Å²) in [7, 11) is 1.50. The van der Waals surface area contributed by atoms with Crippen molar-refractivity contribution in [1.82, 2.24) is 4.90 Å². The summed E-state index contributed by atoms with van der Waals surface area (Å²) in [6.07, 6.45) is 3.22. The zero-order valence-electron chi connectivity index (χ0n) is 12.1. The van der Waals surface area contributed by atoms with Gasteiger partial charge in [0.2, 0.25) is 0 Å². The summed E-state index contributed by atoms with van der Waals surface area (Å²) in [6, 6.07) is 7.00. The van der Waals surface area contributed by atoms with Crippen molar-refractivity contribution in [2.75, 3.05) is 26.5 Å². The summed E-state index contributed by atoms with van der Waals surface area (Å²) in [4.78, 5) is 14.1. The number of rotatable bonds is 3. The SMILES string of the molecule is COc1ccc(C(=O)N2CCC(C#N)(SC)CC2)c(O)c1. The van der Waals surface area contributed by atoms with Crippen LogP contribution in [0.15, 0.2) is 18.2 Å². The summed E-state index contributed by atoms with van der Waals surface area (Å²) >= 11 is 1.55. The van der Waals surface area contributed by atoms with Gasteiger partial charge in [-0.15, -0.1) is 11.8 Å². The van der Waals surface area contributed by atoms with Crippen LogP contribution < -0.4 is 4.74 Å². The Morgan fingerprint density at radius 2 is 2.14 bits per heavy atom. The molecule has 112 valence electrons. The normalized spacial score (nSPS) is 17.1. The number of hydrogen-bond donors (Lipinski definition) is 1. The molecule has 0 spiro atoms. The number of thioether (sulfide) groups is 1. The standard InChI is InChI=1S/C15H18N2O3S/c1-20-11-3-4-12(13(18)9-11)14(19)17-7-5-15(10-16,21-2)6-8-17/h3-4,9,18H,5-8H2,1-2H3. The van der Waals surface area contributed by atoms with Crippen LogP contribution in [0.2, 0.25) is 0 Å². The Hall–Kier alpha value is -1.87. The minimum atomic E-state index is -0.390. The molecule has 5 nitrogen and oxygen atoms in total. The van der Waals surface area contributed by atoms with E-state index in [1.165, 1.54) is 13.2 Å². The van der Waals surface area contributed by atoms with Gasteiger partial charge >= 0.3 is 0 Å². The molecule has 1 aromatic rings. The Kier molecular flexibility index (Phi) is 4.63. The first-order valence-corrected chi connectivity index (χ1v) is 7.90. The number of phenols is 1. The maximum absolute atomic E-state index is 12.4. The Morgan fingerprint density at radius 3 is 2.62 bits per heavy atom. The molecule has 1 aromatic carbocycles. The molecular weight excluding hydrogens is 288 g/mol. The first kappa shape index (κ1) is 15.5. The average Bonchev–Trinajstić information content (AvgIpc) is 2.54. The molecule has 1 N–H and O–H groups in total. The van der Waals surface area contributed by atoms with E-state index in [1.54, 1.807) is 28.8 Å². The van der Waals surface area contributed by atoms with Gasteiger partial charge in [0.1, 0.15) is 16.2 Å². The van der Waals surface area contributed by atoms with Crippen molar-refractivity contribution in [3.05, 3.63) is 23.8 Å². The lowest BCUT2D eigenvalue weighted by molar-refractivity contribution is 0.0713. The van der Waals surface area contributed by atoms with E-state index in [1.807, 2.05) is 6.26 Å². The first-order chi connectivity index (χ1) is 10.0. The van der Waals surface area contributed by atoms with Gasteiger partial charge in [-0.1, -0.05) is 0 Å². The van der Waals surface area contributed by atoms with Gasteiger partial charge in [-0.05, 0) is 31.2 Å². The molecule has 1 fully saturated rings. The lowest BCUT2D eigenvalue weighted by Crippen LogP contribution is -2.44. The number of phenolic OH excluding ortho intramolecular Hbond substituents is 1. The number of methoxy groups -OCH3 is 1. The van der Waals surface area contributed by atoms with E-state index in [4.69, 9.17) is 4.74 Å². The third-order valence-corrected chi connectivity index (χ3v) is 5.17. The van der Waals surface area contributed by atoms with Gasteiger partial charge in [0.15, 0.2) is 0 Å². The molecule has 2 rings (SSSR count). The van der Waals surface area contributed by atoms with Gasteiger partial charge in [0.25, 0.3) is 5.91 Å². The largest absolute Gasteiger partial charge is 0.507 e. The highest BCUT2D eigenvalue weighted by molar-refractivity contribution is 8.00. The Morgan fingerprint density at radius 1 is 1.48 bits per heavy atom. The quantitative estimate of drug-likeness (QED) is 0.927. The van der Waals surface area contributed by atoms with Crippen molar-refractivity contribution < 1.29 is 14.6 Å². The van der Waals surface area contributed by atoms with Crippen molar-refractivity contribution in [2.24, 2.45) is 0 Å². The summed E-state index contributed by atoms with van der Waals surface area (Å²) in [5, 5.41) is 19.2. The number of carbonyl (C=O) groups is 1. The van der Waals surface area contributed by atoms with Gasteiger partial charge in [0.05, 0.1) is 18.7 Å². The van der Waals surface area contributed by atoms with E-state index < -0.39 is 4.75 Å². The van der Waals surface area contributed by atoms with Gasteiger partial charge < -0.3 is 14.7 Å². The minimum Gasteiger partial charge on any atom is -0.507 e. The number of piperidine rings is 1. The summed E-state index contributed by atoms with van der Waals surface area (Å²) < 4.78 is 4.62. The molecule has 0 atom stereocenters. The predicted octanol–water partition coefficient (Wildman–Crippen LogP) is 2.26. The topological polar surface area (TPSA) is 73.6 Å². The van der Waals surface area contributed by atoms with Gasteiger partial charge in [-0.25, -0.2) is 0 Å². The Balaban J connectivity index is 2.11. The second-order valence-electron chi connectivity index (χ2n) is 4.99. The van der Waals surface area contributed by atoms with Crippen molar-refractivity contribution in [1.29, 1.82) is 5.26 Å². The van der Waals surface area contributed by atoms with Crippen LogP contribution in [0.4, 0.5) is 0 Å². The monoisotopic (exact) mass is 306 g/mol. The molecule has 1 amide bonds. The van der Waals surface area contributed by atoms with Crippen molar-refractivity contribution in [3.63, 3.8) is 0 Å². The van der Waals surface area contributed by atoms with Crippen LogP contribution in [-0.4, -0.2) is 47.1 Å². The Bertz CT molecular complexity index is 575. The lowest BCUT2D eigenvalue weighted by Gasteiger charge is -2.36. The van der Waals surface area contributed by atoms with Crippen molar-refractivity contribution in [2.45, 2.75) is 17.6 Å². The van der Waals surface area contributed by atoms with Crippen LogP contribution in [0.3, 0.4) is 0 Å². The number of amides is 1. The average molecular weight is 306 g/mol. The maximum Gasteiger partial charge on any atom is 0.257 e. The molecule has 0 unspecified atom stereocenters. The number of carbonyl (C=O) groups excluding carboxylic acids is 1. The van der Waals surface area contributed by atoms with E-state index >= 15 is 0 Å². The highest BCUT2D eigenvalue weighted by Gasteiger charge is 2.36. The van der Waals surface area contributed by atoms with Crippen LogP contribution in [0.1, 0.15) is 23.2 Å². The summed E-state index contributed by atoms with van der Waals surface area (Å²) in [5.74, 6) is 0.220. The second-order valence-corrected chi connectivity index (χ2v) is 6.18. The van der Waals surface area contributed by atoms with E-state index in [-0.39, 0.29) is 17.2 Å². The summed E-state index contributed by atoms with van der Waals surface area (Å²) in [5.41, 5.74) is 0.268. The molecule has 0 aliphatic carbocycles. The van der Waals surface area contributed by atoms with E-state index in [2.05, 4.69) is 6.07 Å². The zero-order valence-corrected chi connectivity index (χ0v) is 12.9. The molecule has 1 saturated heterocycles. The molecule has 0 saturated carbocycles. The molecule has 0 bridgehead atoms. The molecule has 0 aromatic heterocycles. The number of likely N-dealkylation sites (tertiary alicyclic amines) is 1. The van der Waals surface area contributed by atoms with E-state index in [0.29, 0.717) is 31.7 Å². The zero-order chi connectivity index (χ0) is 15.5. The van der Waals surface area contributed by atoms with Gasteiger partial charge in [0, 0.05) is 19.2 Å². The van der Waals surface area contributed by atoms with Crippen LogP contribution in [0.5, 0.6) is 11.5 Å². The van der Waals surface area contributed by atoms with Crippen molar-refractivity contribution >= 4 is 17.7 Å². The van der Waals surface area contributed by atoms with Crippen LogP contribution in [0.25, 0.3) is 0 Å². The molecule has 1 heterocycles. The number of nitrogens with zero attached hydrogens (tertiary/aromatic N) is 2. The maximum atomic E-state index is 12.4. The lowest BCUT2D eigenvalue weighted by atomic mass is 9.96. The van der Waals surface area contributed by atoms with E-state index in [9.17, 15) is 15.2 Å². The van der Waals surface area contributed by atoms with E-state index in [0.717, 1.165) is 0 Å². The number of nitriles is 1. The van der Waals surface area contributed by atoms with Gasteiger partial charge in [-0.2, -0.15) is 5.26 Å². The highest BCUT2D eigenvalue weighted by Crippen LogP contribution is 2.35. The third kappa shape index (κ3) is 3.08. The first-order valence-electron chi connectivity index (χ1n) is 6.68. The number of benzene rings is 1.